The Kier molecular flexibility index (Phi) is 4.92. The highest BCUT2D eigenvalue weighted by Crippen LogP contribution is 2.26. The van der Waals surface area contributed by atoms with Crippen LogP contribution in [0, 0.1) is 0 Å². The molecule has 0 atom stereocenters. The lowest BCUT2D eigenvalue weighted by molar-refractivity contribution is 0.0500. The largest absolute Gasteiger partial charge is 0.462 e. The first-order valence-electron chi connectivity index (χ1n) is 8.38. The Balaban J connectivity index is 1.85. The average Bonchev–Trinajstić information content (AvgIpc) is 2.59. The van der Waals surface area contributed by atoms with E-state index in [2.05, 4.69) is 31.2 Å². The Hall–Kier alpha value is -2.35. The first-order valence-corrected chi connectivity index (χ1v) is 8.38. The molecule has 3 aromatic carbocycles. The van der Waals surface area contributed by atoms with E-state index in [0.717, 1.165) is 29.0 Å². The van der Waals surface area contributed by atoms with Gasteiger partial charge in [-0.1, -0.05) is 62.6 Å². The molecular formula is C21H22O2. The second kappa shape index (κ2) is 7.28. The lowest BCUT2D eigenvalue weighted by atomic mass is 10.00. The molecule has 0 aromatic heterocycles. The van der Waals surface area contributed by atoms with Gasteiger partial charge in [-0.25, -0.2) is 4.79 Å². The molecule has 3 aromatic rings. The summed E-state index contributed by atoms with van der Waals surface area (Å²) in [6.07, 6.45) is 4.43. The van der Waals surface area contributed by atoms with Gasteiger partial charge in [0.05, 0.1) is 12.2 Å². The number of carbonyl (C=O) groups excluding carboxylic acids is 1. The zero-order valence-electron chi connectivity index (χ0n) is 13.5. The van der Waals surface area contributed by atoms with Crippen LogP contribution in [0.4, 0.5) is 0 Å². The van der Waals surface area contributed by atoms with E-state index in [4.69, 9.17) is 4.74 Å². The van der Waals surface area contributed by atoms with Crippen LogP contribution in [0.5, 0.6) is 0 Å². The maximum atomic E-state index is 12.4. The molecule has 0 aliphatic heterocycles. The molecule has 0 unspecified atom stereocenters. The minimum atomic E-state index is -0.220. The van der Waals surface area contributed by atoms with Crippen molar-refractivity contribution < 1.29 is 9.53 Å². The highest BCUT2D eigenvalue weighted by atomic mass is 16.5. The maximum Gasteiger partial charge on any atom is 0.338 e. The number of unbranched alkanes of at least 4 members (excludes halogenated alkanes) is 3. The third-order valence-electron chi connectivity index (χ3n) is 4.20. The number of hydrogen-bond acceptors (Lipinski definition) is 2. The molecule has 0 radical (unpaired) electrons. The highest BCUT2D eigenvalue weighted by molar-refractivity contribution is 6.08. The Labute approximate surface area is 137 Å². The van der Waals surface area contributed by atoms with Crippen LogP contribution in [0.15, 0.2) is 54.6 Å². The zero-order valence-corrected chi connectivity index (χ0v) is 13.5. The monoisotopic (exact) mass is 306 g/mol. The van der Waals surface area contributed by atoms with Crippen molar-refractivity contribution in [2.75, 3.05) is 6.61 Å². The molecule has 0 saturated heterocycles. The van der Waals surface area contributed by atoms with E-state index in [1.807, 2.05) is 30.3 Å². The van der Waals surface area contributed by atoms with Gasteiger partial charge in [-0.15, -0.1) is 0 Å². The number of rotatable bonds is 6. The van der Waals surface area contributed by atoms with Crippen LogP contribution in [-0.4, -0.2) is 12.6 Å². The summed E-state index contributed by atoms with van der Waals surface area (Å²) in [5.74, 6) is -0.220. The van der Waals surface area contributed by atoms with E-state index in [-0.39, 0.29) is 5.97 Å². The number of hydrogen-bond donors (Lipinski definition) is 0. The van der Waals surface area contributed by atoms with E-state index in [9.17, 15) is 4.79 Å². The van der Waals surface area contributed by atoms with Gasteiger partial charge in [0.15, 0.2) is 0 Å². The van der Waals surface area contributed by atoms with Crippen LogP contribution in [0.1, 0.15) is 43.0 Å². The minimum absolute atomic E-state index is 0.220. The standard InChI is InChI=1S/C21H22O2/c1-2-3-4-7-13-23-21(22)19-12-8-11-18-14-16-9-5-6-10-17(16)15-20(18)19/h5-6,8-12,14-15H,2-4,7,13H2,1H3. The van der Waals surface area contributed by atoms with Gasteiger partial charge >= 0.3 is 5.97 Å². The van der Waals surface area contributed by atoms with Crippen LogP contribution in [0.3, 0.4) is 0 Å². The van der Waals surface area contributed by atoms with Gasteiger partial charge in [0.25, 0.3) is 0 Å². The lowest BCUT2D eigenvalue weighted by Crippen LogP contribution is -2.07. The van der Waals surface area contributed by atoms with Crippen molar-refractivity contribution in [2.45, 2.75) is 32.6 Å². The van der Waals surface area contributed by atoms with Gasteiger partial charge in [0.1, 0.15) is 0 Å². The fourth-order valence-corrected chi connectivity index (χ4v) is 2.92. The van der Waals surface area contributed by atoms with Gasteiger partial charge in [-0.05, 0) is 46.2 Å². The van der Waals surface area contributed by atoms with Crippen LogP contribution < -0.4 is 0 Å². The topological polar surface area (TPSA) is 26.3 Å². The second-order valence-electron chi connectivity index (χ2n) is 5.92. The Bertz CT molecular complexity index is 820. The Morgan fingerprint density at radius 1 is 0.870 bits per heavy atom. The third-order valence-corrected chi connectivity index (χ3v) is 4.20. The Morgan fingerprint density at radius 3 is 2.39 bits per heavy atom. The molecule has 3 rings (SSSR count). The molecule has 0 fully saturated rings. The van der Waals surface area contributed by atoms with E-state index >= 15 is 0 Å². The molecule has 2 heteroatoms. The van der Waals surface area contributed by atoms with Gasteiger partial charge < -0.3 is 4.74 Å². The zero-order chi connectivity index (χ0) is 16.1. The van der Waals surface area contributed by atoms with E-state index in [1.165, 1.54) is 18.2 Å². The van der Waals surface area contributed by atoms with E-state index < -0.39 is 0 Å². The molecule has 2 nitrogen and oxygen atoms in total. The summed E-state index contributed by atoms with van der Waals surface area (Å²) < 4.78 is 5.46. The number of fused-ring (bicyclic) bond motifs is 2. The second-order valence-corrected chi connectivity index (χ2v) is 5.92. The fourth-order valence-electron chi connectivity index (χ4n) is 2.92. The van der Waals surface area contributed by atoms with E-state index in [0.29, 0.717) is 12.2 Å². The Morgan fingerprint density at radius 2 is 1.61 bits per heavy atom. The summed E-state index contributed by atoms with van der Waals surface area (Å²) in [6, 6.07) is 18.2. The molecule has 0 aliphatic rings. The maximum absolute atomic E-state index is 12.4. The summed E-state index contributed by atoms with van der Waals surface area (Å²) in [6.45, 7) is 2.68. The predicted molar refractivity (Wildman–Crippen MR) is 95.9 cm³/mol. The number of benzene rings is 3. The summed E-state index contributed by atoms with van der Waals surface area (Å²) in [5, 5.41) is 4.36. The summed E-state index contributed by atoms with van der Waals surface area (Å²) in [7, 11) is 0. The van der Waals surface area contributed by atoms with Crippen LogP contribution in [-0.2, 0) is 4.74 Å². The van der Waals surface area contributed by atoms with Crippen molar-refractivity contribution in [1.29, 1.82) is 0 Å². The van der Waals surface area contributed by atoms with Gasteiger partial charge in [0.2, 0.25) is 0 Å². The highest BCUT2D eigenvalue weighted by Gasteiger charge is 2.11. The van der Waals surface area contributed by atoms with Crippen LogP contribution >= 0.6 is 0 Å². The van der Waals surface area contributed by atoms with Crippen molar-refractivity contribution in [1.82, 2.24) is 0 Å². The molecular weight excluding hydrogens is 284 g/mol. The summed E-state index contributed by atoms with van der Waals surface area (Å²) in [4.78, 5) is 12.4. The third kappa shape index (κ3) is 3.53. The number of esters is 1. The van der Waals surface area contributed by atoms with Crippen molar-refractivity contribution >= 4 is 27.5 Å². The van der Waals surface area contributed by atoms with Crippen molar-refractivity contribution in [3.63, 3.8) is 0 Å². The molecule has 0 aliphatic carbocycles. The van der Waals surface area contributed by atoms with Crippen LogP contribution in [0.25, 0.3) is 21.5 Å². The fraction of sp³-hybridized carbons (Fsp3) is 0.286. The lowest BCUT2D eigenvalue weighted by Gasteiger charge is -2.09. The molecule has 118 valence electrons. The SMILES string of the molecule is CCCCCCOC(=O)c1cccc2cc3ccccc3cc12. The smallest absolute Gasteiger partial charge is 0.338 e. The molecule has 0 amide bonds. The average molecular weight is 306 g/mol. The summed E-state index contributed by atoms with van der Waals surface area (Å²) in [5.41, 5.74) is 0.656. The van der Waals surface area contributed by atoms with Crippen molar-refractivity contribution in [3.8, 4) is 0 Å². The van der Waals surface area contributed by atoms with Crippen LogP contribution in [0.2, 0.25) is 0 Å². The number of ether oxygens (including phenoxy) is 1. The van der Waals surface area contributed by atoms with Crippen molar-refractivity contribution in [2.24, 2.45) is 0 Å². The van der Waals surface area contributed by atoms with E-state index in [1.54, 1.807) is 0 Å². The normalized spacial score (nSPS) is 11.0. The quantitative estimate of drug-likeness (QED) is 0.330. The predicted octanol–water partition coefficient (Wildman–Crippen LogP) is 5.73. The minimum Gasteiger partial charge on any atom is -0.462 e. The first kappa shape index (κ1) is 15.5. The number of carbonyl (C=O) groups is 1. The molecule has 0 N–H and O–H groups in total. The molecule has 0 heterocycles. The summed E-state index contributed by atoms with van der Waals surface area (Å²) >= 11 is 0. The van der Waals surface area contributed by atoms with Gasteiger partial charge in [-0.3, -0.25) is 0 Å². The van der Waals surface area contributed by atoms with Crippen molar-refractivity contribution in [3.05, 3.63) is 60.2 Å². The molecule has 0 bridgehead atoms. The van der Waals surface area contributed by atoms with Gasteiger partial charge in [-0.2, -0.15) is 0 Å². The molecule has 0 saturated carbocycles. The molecule has 0 spiro atoms. The first-order chi connectivity index (χ1) is 11.3. The van der Waals surface area contributed by atoms with Gasteiger partial charge in [0, 0.05) is 0 Å². The molecule has 23 heavy (non-hydrogen) atoms.